The fourth-order valence-electron chi connectivity index (χ4n) is 1.93. The molecule has 1 N–H and O–H groups in total. The Morgan fingerprint density at radius 2 is 1.62 bits per heavy atom. The van der Waals surface area contributed by atoms with Gasteiger partial charge in [0.15, 0.2) is 0 Å². The molecule has 1 nitrogen and oxygen atoms in total. The van der Waals surface area contributed by atoms with Crippen LogP contribution in [-0.4, -0.2) is 13.2 Å². The SMILES string of the molecule is CC(C)(C)c1cc(O)cc(Cl)c1.C[Si](C)(C)C1=[C-]CC=C1.Cl.Cl.[Ti]. The summed E-state index contributed by atoms with van der Waals surface area (Å²) in [5.41, 5.74) is 1.08. The number of hydrogen-bond donors (Lipinski definition) is 1. The van der Waals surface area contributed by atoms with E-state index in [-0.39, 0.29) is 57.7 Å². The van der Waals surface area contributed by atoms with Gasteiger partial charge in [-0.15, -0.1) is 31.2 Å². The number of phenols is 1. The van der Waals surface area contributed by atoms with E-state index >= 15 is 0 Å². The van der Waals surface area contributed by atoms with E-state index in [2.05, 4.69) is 58.6 Å². The molecule has 0 atom stereocenters. The van der Waals surface area contributed by atoms with Crippen molar-refractivity contribution in [2.24, 2.45) is 0 Å². The Labute approximate surface area is 180 Å². The van der Waals surface area contributed by atoms with Crippen LogP contribution in [-0.2, 0) is 27.1 Å². The molecule has 0 saturated heterocycles. The van der Waals surface area contributed by atoms with Gasteiger partial charge in [-0.3, -0.25) is 6.08 Å². The maximum absolute atomic E-state index is 9.27. The van der Waals surface area contributed by atoms with Gasteiger partial charge >= 0.3 is 0 Å². The monoisotopic (exact) mass is 441 g/mol. The molecule has 0 bridgehead atoms. The van der Waals surface area contributed by atoms with Crippen molar-refractivity contribution in [2.75, 3.05) is 0 Å². The molecule has 0 aliphatic heterocycles. The van der Waals surface area contributed by atoms with E-state index in [1.165, 1.54) is 11.3 Å². The normalized spacial score (nSPS) is 12.7. The summed E-state index contributed by atoms with van der Waals surface area (Å²) in [4.78, 5) is 0. The van der Waals surface area contributed by atoms with Gasteiger partial charge in [-0.25, -0.2) is 11.3 Å². The van der Waals surface area contributed by atoms with Gasteiger partial charge in [-0.1, -0.05) is 52.0 Å². The molecule has 1 aliphatic rings. The first-order chi connectivity index (χ1) is 9.50. The van der Waals surface area contributed by atoms with Crippen molar-refractivity contribution in [3.63, 3.8) is 0 Å². The number of benzene rings is 1. The first kappa shape index (κ1) is 29.1. The van der Waals surface area contributed by atoms with Crippen molar-refractivity contribution in [2.45, 2.75) is 52.2 Å². The van der Waals surface area contributed by atoms with Crippen molar-refractivity contribution in [3.05, 3.63) is 52.2 Å². The maximum atomic E-state index is 9.27. The van der Waals surface area contributed by atoms with E-state index in [4.69, 9.17) is 11.6 Å². The summed E-state index contributed by atoms with van der Waals surface area (Å²) in [6.45, 7) is 13.3. The molecule has 0 radical (unpaired) electrons. The molecule has 0 fully saturated rings. The van der Waals surface area contributed by atoms with Crippen molar-refractivity contribution in [1.29, 1.82) is 0 Å². The third kappa shape index (κ3) is 10.3. The summed E-state index contributed by atoms with van der Waals surface area (Å²) in [6.07, 6.45) is 8.82. The van der Waals surface area contributed by atoms with Gasteiger partial charge in [0.05, 0.1) is 0 Å². The molecule has 0 spiro atoms. The molecule has 6 heteroatoms. The summed E-state index contributed by atoms with van der Waals surface area (Å²) >= 11 is 5.80. The molecule has 0 aromatic heterocycles. The van der Waals surface area contributed by atoms with Crippen LogP contribution in [0.1, 0.15) is 32.8 Å². The average Bonchev–Trinajstić information content (AvgIpc) is 2.79. The Bertz CT molecular complexity index is 538. The van der Waals surface area contributed by atoms with E-state index in [1.807, 2.05) is 6.07 Å². The second kappa shape index (κ2) is 11.8. The zero-order valence-corrected chi connectivity index (χ0v) is 20.2. The maximum Gasteiger partial charge on any atom is 0.117 e. The molecule has 2 rings (SSSR count). The fourth-order valence-corrected chi connectivity index (χ4v) is 3.41. The van der Waals surface area contributed by atoms with Crippen LogP contribution in [0.3, 0.4) is 0 Å². The van der Waals surface area contributed by atoms with Crippen LogP contribution in [0.5, 0.6) is 5.75 Å². The number of halogens is 3. The standard InChI is InChI=1S/C10H13ClO.C8H13Si.2ClH.Ti/c1-10(2,3)7-4-8(11)6-9(12)5-7;1-9(2,3)8-6-4-5-7-8;;;/h4-6,12H,1-3H3;4,6H,5H2,1-3H3;2*1H;/q;-1;;;. The molecule has 24 heavy (non-hydrogen) atoms. The predicted molar refractivity (Wildman–Crippen MR) is 110 cm³/mol. The zero-order chi connectivity index (χ0) is 16.3. The van der Waals surface area contributed by atoms with Gasteiger partial charge in [0, 0.05) is 34.8 Å². The first-order valence-electron chi connectivity index (χ1n) is 7.28. The molecule has 0 unspecified atom stereocenters. The molecule has 1 aliphatic carbocycles. The van der Waals surface area contributed by atoms with Crippen LogP contribution in [0.15, 0.2) is 35.5 Å². The van der Waals surface area contributed by atoms with Crippen LogP contribution >= 0.6 is 36.4 Å². The topological polar surface area (TPSA) is 20.2 Å². The predicted octanol–water partition coefficient (Wildman–Crippen LogP) is 6.74. The van der Waals surface area contributed by atoms with E-state index in [1.54, 1.807) is 6.07 Å². The average molecular weight is 443 g/mol. The van der Waals surface area contributed by atoms with Crippen LogP contribution in [0.25, 0.3) is 0 Å². The number of hydrogen-bond acceptors (Lipinski definition) is 1. The molecule has 1 aromatic carbocycles. The van der Waals surface area contributed by atoms with E-state index in [0.717, 1.165) is 12.0 Å². The van der Waals surface area contributed by atoms with Gasteiger partial charge in [-0.05, 0) is 29.2 Å². The second-order valence-electron chi connectivity index (χ2n) is 7.40. The van der Waals surface area contributed by atoms with Gasteiger partial charge < -0.3 is 5.11 Å². The smallest absolute Gasteiger partial charge is 0.117 e. The summed E-state index contributed by atoms with van der Waals surface area (Å²) in [5.74, 6) is 0.229. The molecule has 136 valence electrons. The molecular formula is C18H28Cl3OSiTi-. The van der Waals surface area contributed by atoms with E-state index < -0.39 is 8.07 Å². The van der Waals surface area contributed by atoms with Crippen LogP contribution < -0.4 is 0 Å². The van der Waals surface area contributed by atoms with Gasteiger partial charge in [0.25, 0.3) is 0 Å². The minimum Gasteiger partial charge on any atom is -0.508 e. The Morgan fingerprint density at radius 1 is 1.08 bits per heavy atom. The molecular weight excluding hydrogens is 415 g/mol. The number of phenolic OH excluding ortho intramolecular Hbond substituents is 1. The van der Waals surface area contributed by atoms with E-state index in [0.29, 0.717) is 5.02 Å². The minimum atomic E-state index is -1.01. The third-order valence-corrected chi connectivity index (χ3v) is 5.43. The third-order valence-electron chi connectivity index (χ3n) is 3.25. The Morgan fingerprint density at radius 3 is 1.92 bits per heavy atom. The van der Waals surface area contributed by atoms with E-state index in [9.17, 15) is 5.11 Å². The fraction of sp³-hybridized carbons (Fsp3) is 0.444. The van der Waals surface area contributed by atoms with Crippen LogP contribution in [0.4, 0.5) is 0 Å². The van der Waals surface area contributed by atoms with Crippen molar-refractivity contribution in [3.8, 4) is 5.75 Å². The summed E-state index contributed by atoms with van der Waals surface area (Å²) in [5, 5.41) is 11.3. The molecule has 0 amide bonds. The minimum absolute atomic E-state index is 0. The van der Waals surface area contributed by atoms with Crippen molar-refractivity contribution < 1.29 is 26.8 Å². The van der Waals surface area contributed by atoms with Gasteiger partial charge in [0.2, 0.25) is 0 Å². The Kier molecular flexibility index (Phi) is 14.3. The molecule has 0 heterocycles. The van der Waals surface area contributed by atoms with Crippen LogP contribution in [0, 0.1) is 6.08 Å². The molecule has 0 saturated carbocycles. The number of rotatable bonds is 1. The Hall–Kier alpha value is 0.301. The first-order valence-corrected chi connectivity index (χ1v) is 11.2. The van der Waals surface area contributed by atoms with Crippen molar-refractivity contribution >= 4 is 44.5 Å². The largest absolute Gasteiger partial charge is 0.508 e. The Balaban J connectivity index is -0.000000336. The van der Waals surface area contributed by atoms with Crippen LogP contribution in [0.2, 0.25) is 24.7 Å². The number of allylic oxidation sites excluding steroid dienone is 4. The zero-order valence-electron chi connectivity index (χ0n) is 15.2. The number of aromatic hydroxyl groups is 1. The quantitative estimate of drug-likeness (QED) is 0.377. The van der Waals surface area contributed by atoms with Crippen molar-refractivity contribution in [1.82, 2.24) is 0 Å². The summed E-state index contributed by atoms with van der Waals surface area (Å²) < 4.78 is 0. The summed E-state index contributed by atoms with van der Waals surface area (Å²) in [7, 11) is -1.01. The second-order valence-corrected chi connectivity index (χ2v) is 12.9. The molecule has 1 aromatic rings. The summed E-state index contributed by atoms with van der Waals surface area (Å²) in [6, 6.07) is 5.16. The van der Waals surface area contributed by atoms with Gasteiger partial charge in [0.1, 0.15) is 5.75 Å². The van der Waals surface area contributed by atoms with Gasteiger partial charge in [-0.2, -0.15) is 6.08 Å².